The SMILES string of the molecule is Cc1ccc(CN(CC2CCCO2)C2CC(C(=O)N3CCNCC3)N(C(=O)c3cccnc3)C2)cc1. The third-order valence-electron chi connectivity index (χ3n) is 7.65. The number of benzene rings is 1. The van der Waals surface area contributed by atoms with Crippen LogP contribution >= 0.6 is 0 Å². The summed E-state index contributed by atoms with van der Waals surface area (Å²) in [5.41, 5.74) is 3.00. The summed E-state index contributed by atoms with van der Waals surface area (Å²) < 4.78 is 6.00. The normalized spacial score (nSPS) is 24.4. The molecule has 4 heterocycles. The summed E-state index contributed by atoms with van der Waals surface area (Å²) in [4.78, 5) is 37.6. The van der Waals surface area contributed by atoms with Crippen molar-refractivity contribution in [1.82, 2.24) is 25.0 Å². The van der Waals surface area contributed by atoms with Crippen LogP contribution in [0.2, 0.25) is 0 Å². The van der Waals surface area contributed by atoms with Gasteiger partial charge in [-0.25, -0.2) is 0 Å². The van der Waals surface area contributed by atoms with Crippen LogP contribution in [0.15, 0.2) is 48.8 Å². The van der Waals surface area contributed by atoms with Crippen molar-refractivity contribution in [3.63, 3.8) is 0 Å². The van der Waals surface area contributed by atoms with Crippen LogP contribution in [0.3, 0.4) is 0 Å². The second-order valence-corrected chi connectivity index (χ2v) is 10.2. The minimum atomic E-state index is -0.467. The van der Waals surface area contributed by atoms with Gasteiger partial charge in [-0.1, -0.05) is 29.8 Å². The lowest BCUT2D eigenvalue weighted by Crippen LogP contribution is -2.53. The highest BCUT2D eigenvalue weighted by molar-refractivity contribution is 5.97. The Kier molecular flexibility index (Phi) is 7.94. The maximum absolute atomic E-state index is 13.7. The van der Waals surface area contributed by atoms with Crippen molar-refractivity contribution in [2.75, 3.05) is 45.9 Å². The number of amides is 2. The third-order valence-corrected chi connectivity index (χ3v) is 7.65. The number of hydrogen-bond acceptors (Lipinski definition) is 6. The Morgan fingerprint density at radius 1 is 1.17 bits per heavy atom. The molecular formula is C28H37N5O3. The molecule has 3 saturated heterocycles. The smallest absolute Gasteiger partial charge is 0.256 e. The van der Waals surface area contributed by atoms with Crippen LogP contribution < -0.4 is 5.32 Å². The molecule has 2 aromatic rings. The van der Waals surface area contributed by atoms with E-state index in [0.717, 1.165) is 45.6 Å². The topological polar surface area (TPSA) is 78.0 Å². The summed E-state index contributed by atoms with van der Waals surface area (Å²) in [5, 5.41) is 3.31. The number of carbonyl (C=O) groups is 2. The molecule has 1 aromatic carbocycles. The largest absolute Gasteiger partial charge is 0.377 e. The molecule has 0 bridgehead atoms. The number of ether oxygens (including phenoxy) is 1. The molecule has 3 aliphatic heterocycles. The highest BCUT2D eigenvalue weighted by atomic mass is 16.5. The zero-order chi connectivity index (χ0) is 24.9. The van der Waals surface area contributed by atoms with Crippen LogP contribution in [0.25, 0.3) is 0 Å². The number of carbonyl (C=O) groups excluding carboxylic acids is 2. The number of rotatable bonds is 7. The van der Waals surface area contributed by atoms with Gasteiger partial charge < -0.3 is 19.9 Å². The Hall–Kier alpha value is -2.81. The van der Waals surface area contributed by atoms with Crippen LogP contribution in [0.5, 0.6) is 0 Å². The zero-order valence-corrected chi connectivity index (χ0v) is 21.1. The van der Waals surface area contributed by atoms with Crippen molar-refractivity contribution in [3.05, 3.63) is 65.5 Å². The van der Waals surface area contributed by atoms with Crippen LogP contribution in [0.1, 0.15) is 40.7 Å². The van der Waals surface area contributed by atoms with Crippen molar-refractivity contribution in [2.45, 2.75) is 50.9 Å². The van der Waals surface area contributed by atoms with Crippen molar-refractivity contribution >= 4 is 11.8 Å². The van der Waals surface area contributed by atoms with E-state index in [1.54, 1.807) is 29.4 Å². The fourth-order valence-corrected chi connectivity index (χ4v) is 5.61. The lowest BCUT2D eigenvalue weighted by atomic mass is 10.1. The third kappa shape index (κ3) is 5.77. The van der Waals surface area contributed by atoms with Gasteiger partial charge in [-0.15, -0.1) is 0 Å². The number of piperazine rings is 1. The summed E-state index contributed by atoms with van der Waals surface area (Å²) in [6, 6.07) is 11.8. The predicted octanol–water partition coefficient (Wildman–Crippen LogP) is 2.09. The molecule has 1 N–H and O–H groups in total. The van der Waals surface area contributed by atoms with E-state index in [0.29, 0.717) is 31.6 Å². The Bertz CT molecular complexity index is 1020. The summed E-state index contributed by atoms with van der Waals surface area (Å²) in [7, 11) is 0. The molecule has 0 saturated carbocycles. The van der Waals surface area contributed by atoms with Gasteiger partial charge in [0.25, 0.3) is 5.91 Å². The van der Waals surface area contributed by atoms with Gasteiger partial charge in [-0.2, -0.15) is 0 Å². The van der Waals surface area contributed by atoms with Crippen molar-refractivity contribution in [2.24, 2.45) is 0 Å². The second-order valence-electron chi connectivity index (χ2n) is 10.2. The van der Waals surface area contributed by atoms with Gasteiger partial charge in [0.15, 0.2) is 0 Å². The molecule has 192 valence electrons. The van der Waals surface area contributed by atoms with E-state index < -0.39 is 6.04 Å². The molecule has 3 aliphatic rings. The van der Waals surface area contributed by atoms with Gasteiger partial charge in [0.05, 0.1) is 11.7 Å². The molecule has 8 nitrogen and oxygen atoms in total. The summed E-state index contributed by atoms with van der Waals surface area (Å²) in [6.07, 6.45) is 6.23. The zero-order valence-electron chi connectivity index (χ0n) is 21.1. The number of hydrogen-bond donors (Lipinski definition) is 1. The van der Waals surface area contributed by atoms with E-state index in [2.05, 4.69) is 46.4 Å². The van der Waals surface area contributed by atoms with E-state index >= 15 is 0 Å². The average Bonchev–Trinajstić information content (AvgIpc) is 3.60. The predicted molar refractivity (Wildman–Crippen MR) is 137 cm³/mol. The molecule has 0 spiro atoms. The first-order valence-electron chi connectivity index (χ1n) is 13.2. The van der Waals surface area contributed by atoms with Crippen LogP contribution in [0.4, 0.5) is 0 Å². The van der Waals surface area contributed by atoms with Crippen LogP contribution in [0, 0.1) is 6.92 Å². The lowest BCUT2D eigenvalue weighted by molar-refractivity contribution is -0.135. The van der Waals surface area contributed by atoms with E-state index in [1.807, 2.05) is 4.90 Å². The average molecular weight is 492 g/mol. The summed E-state index contributed by atoms with van der Waals surface area (Å²) in [6.45, 7) is 7.94. The van der Waals surface area contributed by atoms with Gasteiger partial charge in [0, 0.05) is 70.9 Å². The number of likely N-dealkylation sites (tertiary alicyclic amines) is 1. The monoisotopic (exact) mass is 491 g/mol. The first-order chi connectivity index (χ1) is 17.6. The Morgan fingerprint density at radius 2 is 1.97 bits per heavy atom. The standard InChI is InChI=1S/C28H37N5O3/c1-21-6-8-22(9-7-21)18-32(20-25-5-3-15-36-25)24-16-26(28(35)31-13-11-29-12-14-31)33(19-24)27(34)23-4-2-10-30-17-23/h2,4,6-10,17,24-26,29H,3,5,11-16,18-20H2,1H3. The Labute approximate surface area is 213 Å². The van der Waals surface area contributed by atoms with Gasteiger partial charge in [0.1, 0.15) is 6.04 Å². The summed E-state index contributed by atoms with van der Waals surface area (Å²) >= 11 is 0. The van der Waals surface area contributed by atoms with Crippen LogP contribution in [-0.2, 0) is 16.1 Å². The molecule has 8 heteroatoms. The molecule has 36 heavy (non-hydrogen) atoms. The van der Waals surface area contributed by atoms with E-state index in [1.165, 1.54) is 11.1 Å². The maximum atomic E-state index is 13.7. The Balaban J connectivity index is 1.40. The highest BCUT2D eigenvalue weighted by Crippen LogP contribution is 2.28. The molecule has 1 aromatic heterocycles. The number of aromatic nitrogens is 1. The fourth-order valence-electron chi connectivity index (χ4n) is 5.61. The van der Waals surface area contributed by atoms with Crippen molar-refractivity contribution in [1.29, 1.82) is 0 Å². The van der Waals surface area contributed by atoms with Crippen LogP contribution in [-0.4, -0.2) is 95.6 Å². The molecule has 2 amide bonds. The van der Waals surface area contributed by atoms with E-state index in [-0.39, 0.29) is 24.0 Å². The first-order valence-corrected chi connectivity index (χ1v) is 13.2. The van der Waals surface area contributed by atoms with Gasteiger partial charge in [-0.05, 0) is 43.9 Å². The lowest BCUT2D eigenvalue weighted by Gasteiger charge is -2.32. The number of nitrogens with zero attached hydrogens (tertiary/aromatic N) is 4. The molecular weight excluding hydrogens is 454 g/mol. The van der Waals surface area contributed by atoms with E-state index in [9.17, 15) is 9.59 Å². The van der Waals surface area contributed by atoms with Gasteiger partial charge >= 0.3 is 0 Å². The molecule has 3 unspecified atom stereocenters. The van der Waals surface area contributed by atoms with Gasteiger partial charge in [0.2, 0.25) is 5.91 Å². The maximum Gasteiger partial charge on any atom is 0.256 e. The molecule has 0 radical (unpaired) electrons. The van der Waals surface area contributed by atoms with Crippen molar-refractivity contribution in [3.8, 4) is 0 Å². The highest BCUT2D eigenvalue weighted by Gasteiger charge is 2.44. The quantitative estimate of drug-likeness (QED) is 0.639. The molecule has 5 rings (SSSR count). The summed E-state index contributed by atoms with van der Waals surface area (Å²) in [5.74, 6) is -0.0601. The number of pyridine rings is 1. The molecule has 3 fully saturated rings. The molecule has 3 atom stereocenters. The van der Waals surface area contributed by atoms with E-state index in [4.69, 9.17) is 4.74 Å². The van der Waals surface area contributed by atoms with Gasteiger partial charge in [-0.3, -0.25) is 19.5 Å². The minimum absolute atomic E-state index is 0.0589. The fraction of sp³-hybridized carbons (Fsp3) is 0.536. The number of nitrogens with one attached hydrogen (secondary N) is 1. The Morgan fingerprint density at radius 3 is 2.67 bits per heavy atom. The molecule has 0 aliphatic carbocycles. The minimum Gasteiger partial charge on any atom is -0.377 e. The first kappa shape index (κ1) is 24.9. The van der Waals surface area contributed by atoms with Crippen molar-refractivity contribution < 1.29 is 14.3 Å². The number of aryl methyl sites for hydroxylation is 1. The second kappa shape index (κ2) is 11.5.